The Labute approximate surface area is 302 Å². The molecule has 0 amide bonds. The van der Waals surface area contributed by atoms with Crippen molar-refractivity contribution in [3.8, 4) is 0 Å². The van der Waals surface area contributed by atoms with Gasteiger partial charge in [0.1, 0.15) is 0 Å². The maximum atomic E-state index is 2.37. The Kier molecular flexibility index (Phi) is 44.0. The molecule has 0 N–H and O–H groups in total. The molecule has 0 heteroatoms. The molecule has 0 aliphatic rings. The van der Waals surface area contributed by atoms with Crippen molar-refractivity contribution in [3.63, 3.8) is 0 Å². The van der Waals surface area contributed by atoms with Crippen molar-refractivity contribution in [2.45, 2.75) is 297 Å². The third kappa shape index (κ3) is 42.1. The maximum absolute atomic E-state index is 2.37. The first kappa shape index (κ1) is 47.0. The molecule has 0 bridgehead atoms. The second kappa shape index (κ2) is 44.0. The molecule has 0 spiro atoms. The van der Waals surface area contributed by atoms with Gasteiger partial charge in [-0.15, -0.1) is 0 Å². The standard InChI is InChI=1S/C47H96/c1-4-7-10-12-14-16-18-20-22-24-25-26-27-28-30-32-34-36-38-40-43-46-47(44-41-9-6-3)45-42-39-37-35-33-31-29-23-21-19-17-15-13-11-8-5-2/h47H,4-46H2,1-3H3. The van der Waals surface area contributed by atoms with E-state index in [1.807, 2.05) is 0 Å². The van der Waals surface area contributed by atoms with Gasteiger partial charge in [-0.25, -0.2) is 0 Å². The van der Waals surface area contributed by atoms with E-state index in [0.29, 0.717) is 0 Å². The molecule has 0 saturated heterocycles. The van der Waals surface area contributed by atoms with Crippen molar-refractivity contribution in [2.24, 2.45) is 5.92 Å². The SMILES string of the molecule is CCCCCCCCCCCCCCCCCCCCCCCC(CCCCC)CCCCCCCCCCCCCCCCCC. The molecule has 0 rings (SSSR count). The molecule has 0 heterocycles. The minimum Gasteiger partial charge on any atom is -0.0654 e. The molecule has 0 aromatic heterocycles. The first-order chi connectivity index (χ1) is 23.3. The molecule has 47 heavy (non-hydrogen) atoms. The van der Waals surface area contributed by atoms with Crippen LogP contribution in [0.1, 0.15) is 297 Å². The van der Waals surface area contributed by atoms with E-state index in [-0.39, 0.29) is 0 Å². The zero-order valence-electron chi connectivity index (χ0n) is 34.0. The summed E-state index contributed by atoms with van der Waals surface area (Å²) in [7, 11) is 0. The minimum atomic E-state index is 1.04. The van der Waals surface area contributed by atoms with E-state index in [1.54, 1.807) is 0 Å². The molecule has 0 aromatic rings. The van der Waals surface area contributed by atoms with Crippen molar-refractivity contribution in [2.75, 3.05) is 0 Å². The van der Waals surface area contributed by atoms with Crippen LogP contribution < -0.4 is 0 Å². The number of hydrogen-bond donors (Lipinski definition) is 0. The van der Waals surface area contributed by atoms with Crippen LogP contribution in [0.5, 0.6) is 0 Å². The third-order valence-corrected chi connectivity index (χ3v) is 11.4. The summed E-state index contributed by atoms with van der Waals surface area (Å²) in [6.07, 6.45) is 63.8. The summed E-state index contributed by atoms with van der Waals surface area (Å²) in [6.45, 7) is 6.99. The van der Waals surface area contributed by atoms with Gasteiger partial charge in [-0.05, 0) is 5.92 Å². The molecule has 0 fully saturated rings. The molecular weight excluding hydrogens is 565 g/mol. The van der Waals surface area contributed by atoms with Crippen LogP contribution in [0.3, 0.4) is 0 Å². The molecule has 0 nitrogen and oxygen atoms in total. The Hall–Kier alpha value is 0. The second-order valence-corrected chi connectivity index (χ2v) is 16.3. The number of hydrogen-bond acceptors (Lipinski definition) is 0. The van der Waals surface area contributed by atoms with Crippen LogP contribution in [-0.2, 0) is 0 Å². The Bertz CT molecular complexity index is 508. The topological polar surface area (TPSA) is 0 Å². The van der Waals surface area contributed by atoms with E-state index in [4.69, 9.17) is 0 Å². The lowest BCUT2D eigenvalue weighted by molar-refractivity contribution is 0.367. The molecule has 284 valence electrons. The Morgan fingerprint density at radius 1 is 0.170 bits per heavy atom. The third-order valence-electron chi connectivity index (χ3n) is 11.4. The molecular formula is C47H96. The van der Waals surface area contributed by atoms with Gasteiger partial charge in [0.25, 0.3) is 0 Å². The first-order valence-corrected chi connectivity index (χ1v) is 23.3. The fraction of sp³-hybridized carbons (Fsp3) is 1.00. The van der Waals surface area contributed by atoms with E-state index in [0.717, 1.165) is 5.92 Å². The average molecular weight is 661 g/mol. The van der Waals surface area contributed by atoms with Crippen LogP contribution in [-0.4, -0.2) is 0 Å². The van der Waals surface area contributed by atoms with E-state index in [1.165, 1.54) is 276 Å². The zero-order valence-corrected chi connectivity index (χ0v) is 34.0. The van der Waals surface area contributed by atoms with Crippen molar-refractivity contribution in [3.05, 3.63) is 0 Å². The number of unbranched alkanes of at least 4 members (excludes halogenated alkanes) is 37. The van der Waals surface area contributed by atoms with Crippen molar-refractivity contribution < 1.29 is 0 Å². The van der Waals surface area contributed by atoms with Gasteiger partial charge < -0.3 is 0 Å². The predicted molar refractivity (Wildman–Crippen MR) is 219 cm³/mol. The van der Waals surface area contributed by atoms with Crippen molar-refractivity contribution in [1.29, 1.82) is 0 Å². The summed E-state index contributed by atoms with van der Waals surface area (Å²) < 4.78 is 0. The van der Waals surface area contributed by atoms with Crippen LogP contribution in [0.15, 0.2) is 0 Å². The van der Waals surface area contributed by atoms with Crippen molar-refractivity contribution in [1.82, 2.24) is 0 Å². The summed E-state index contributed by atoms with van der Waals surface area (Å²) in [5.74, 6) is 1.04. The largest absolute Gasteiger partial charge is 0.0654 e. The van der Waals surface area contributed by atoms with Gasteiger partial charge in [-0.3, -0.25) is 0 Å². The Balaban J connectivity index is 3.48. The van der Waals surface area contributed by atoms with Gasteiger partial charge in [0.15, 0.2) is 0 Å². The Morgan fingerprint density at radius 3 is 0.489 bits per heavy atom. The first-order valence-electron chi connectivity index (χ1n) is 23.3. The van der Waals surface area contributed by atoms with Gasteiger partial charge in [-0.1, -0.05) is 297 Å². The Morgan fingerprint density at radius 2 is 0.298 bits per heavy atom. The average Bonchev–Trinajstić information content (AvgIpc) is 3.08. The highest BCUT2D eigenvalue weighted by Gasteiger charge is 2.08. The van der Waals surface area contributed by atoms with Gasteiger partial charge >= 0.3 is 0 Å². The van der Waals surface area contributed by atoms with Gasteiger partial charge in [0.2, 0.25) is 0 Å². The highest BCUT2D eigenvalue weighted by molar-refractivity contribution is 4.62. The van der Waals surface area contributed by atoms with E-state index < -0.39 is 0 Å². The lowest BCUT2D eigenvalue weighted by Gasteiger charge is -2.17. The van der Waals surface area contributed by atoms with E-state index in [2.05, 4.69) is 20.8 Å². The highest BCUT2D eigenvalue weighted by atomic mass is 14.1. The number of rotatable bonds is 43. The van der Waals surface area contributed by atoms with Gasteiger partial charge in [0, 0.05) is 0 Å². The molecule has 1 atom stereocenters. The quantitative estimate of drug-likeness (QED) is 0.0571. The van der Waals surface area contributed by atoms with Gasteiger partial charge in [0.05, 0.1) is 0 Å². The summed E-state index contributed by atoms with van der Waals surface area (Å²) in [5, 5.41) is 0. The van der Waals surface area contributed by atoms with Crippen LogP contribution in [0.2, 0.25) is 0 Å². The highest BCUT2D eigenvalue weighted by Crippen LogP contribution is 2.25. The lowest BCUT2D eigenvalue weighted by atomic mass is 9.89. The minimum absolute atomic E-state index is 1.04. The van der Waals surface area contributed by atoms with Crippen LogP contribution in [0, 0.1) is 5.92 Å². The summed E-state index contributed by atoms with van der Waals surface area (Å²) in [6, 6.07) is 0. The maximum Gasteiger partial charge on any atom is -0.0414 e. The summed E-state index contributed by atoms with van der Waals surface area (Å²) >= 11 is 0. The summed E-state index contributed by atoms with van der Waals surface area (Å²) in [4.78, 5) is 0. The normalized spacial score (nSPS) is 12.3. The lowest BCUT2D eigenvalue weighted by Crippen LogP contribution is -2.01. The van der Waals surface area contributed by atoms with E-state index in [9.17, 15) is 0 Å². The van der Waals surface area contributed by atoms with Crippen LogP contribution in [0.25, 0.3) is 0 Å². The monoisotopic (exact) mass is 661 g/mol. The molecule has 1 unspecified atom stereocenters. The smallest absolute Gasteiger partial charge is 0.0414 e. The van der Waals surface area contributed by atoms with Gasteiger partial charge in [-0.2, -0.15) is 0 Å². The fourth-order valence-corrected chi connectivity index (χ4v) is 7.96. The van der Waals surface area contributed by atoms with Crippen molar-refractivity contribution >= 4 is 0 Å². The predicted octanol–water partition coefficient (Wildman–Crippen LogP) is 18.4. The van der Waals surface area contributed by atoms with Crippen LogP contribution >= 0.6 is 0 Å². The van der Waals surface area contributed by atoms with Crippen LogP contribution in [0.4, 0.5) is 0 Å². The molecule has 0 aromatic carbocycles. The summed E-state index contributed by atoms with van der Waals surface area (Å²) in [5.41, 5.74) is 0. The zero-order chi connectivity index (χ0) is 34.0. The fourth-order valence-electron chi connectivity index (χ4n) is 7.96. The molecule has 0 aliphatic carbocycles. The molecule has 0 aliphatic heterocycles. The second-order valence-electron chi connectivity index (χ2n) is 16.3. The van der Waals surface area contributed by atoms with E-state index >= 15 is 0 Å². The molecule has 0 saturated carbocycles. The molecule has 0 radical (unpaired) electrons.